The SMILES string of the molecule is CC(=O)c1c([N+](=O)[O-])ccc(C(F)F)c1Br. The molecule has 16 heavy (non-hydrogen) atoms. The van der Waals surface area contributed by atoms with Gasteiger partial charge in [0.15, 0.2) is 5.78 Å². The maximum atomic E-state index is 12.5. The smallest absolute Gasteiger partial charge is 0.281 e. The molecule has 4 nitrogen and oxygen atoms in total. The zero-order valence-electron chi connectivity index (χ0n) is 8.04. The minimum atomic E-state index is -2.80. The van der Waals surface area contributed by atoms with Crippen molar-refractivity contribution in [1.82, 2.24) is 0 Å². The molecule has 0 bridgehead atoms. The first-order valence-corrected chi connectivity index (χ1v) is 4.91. The van der Waals surface area contributed by atoms with E-state index in [0.29, 0.717) is 0 Å². The van der Waals surface area contributed by atoms with E-state index >= 15 is 0 Å². The van der Waals surface area contributed by atoms with Crippen LogP contribution in [0.1, 0.15) is 29.3 Å². The summed E-state index contributed by atoms with van der Waals surface area (Å²) in [5.74, 6) is -0.638. The second-order valence-electron chi connectivity index (χ2n) is 2.98. The van der Waals surface area contributed by atoms with Crippen LogP contribution in [0, 0.1) is 10.1 Å². The summed E-state index contributed by atoms with van der Waals surface area (Å²) in [5, 5.41) is 10.6. The molecule has 0 aliphatic carbocycles. The molecule has 0 spiro atoms. The molecule has 0 aliphatic rings. The summed E-state index contributed by atoms with van der Waals surface area (Å²) in [7, 11) is 0. The Labute approximate surface area is 97.5 Å². The quantitative estimate of drug-likeness (QED) is 0.487. The first kappa shape index (κ1) is 12.7. The second-order valence-corrected chi connectivity index (χ2v) is 3.77. The molecule has 0 atom stereocenters. The number of hydrogen-bond acceptors (Lipinski definition) is 3. The number of ketones is 1. The van der Waals surface area contributed by atoms with Crippen LogP contribution in [0.3, 0.4) is 0 Å². The highest BCUT2D eigenvalue weighted by Gasteiger charge is 2.25. The van der Waals surface area contributed by atoms with Crippen molar-refractivity contribution in [3.63, 3.8) is 0 Å². The molecule has 0 aliphatic heterocycles. The van der Waals surface area contributed by atoms with Crippen molar-refractivity contribution in [3.8, 4) is 0 Å². The second kappa shape index (κ2) is 4.65. The Kier molecular flexibility index (Phi) is 3.69. The first-order valence-electron chi connectivity index (χ1n) is 4.12. The maximum absolute atomic E-state index is 12.5. The summed E-state index contributed by atoms with van der Waals surface area (Å²) in [6.45, 7) is 1.09. The lowest BCUT2D eigenvalue weighted by Gasteiger charge is -2.07. The van der Waals surface area contributed by atoms with Gasteiger partial charge in [0.25, 0.3) is 12.1 Å². The van der Waals surface area contributed by atoms with Crippen LogP contribution in [0.5, 0.6) is 0 Å². The number of Topliss-reactive ketones (excluding diaryl/α,β-unsaturated/α-hetero) is 1. The third-order valence-electron chi connectivity index (χ3n) is 1.93. The van der Waals surface area contributed by atoms with E-state index in [1.165, 1.54) is 0 Å². The average Bonchev–Trinajstić information content (AvgIpc) is 2.15. The van der Waals surface area contributed by atoms with E-state index in [1.807, 2.05) is 0 Å². The van der Waals surface area contributed by atoms with Crippen molar-refractivity contribution in [3.05, 3.63) is 37.8 Å². The number of carbonyl (C=O) groups excluding carboxylic acids is 1. The van der Waals surface area contributed by atoms with Crippen molar-refractivity contribution in [2.45, 2.75) is 13.3 Å². The predicted molar refractivity (Wildman–Crippen MR) is 55.8 cm³/mol. The van der Waals surface area contributed by atoms with Gasteiger partial charge in [-0.1, -0.05) is 0 Å². The van der Waals surface area contributed by atoms with Gasteiger partial charge in [-0.05, 0) is 28.9 Å². The zero-order valence-corrected chi connectivity index (χ0v) is 9.62. The highest BCUT2D eigenvalue weighted by Crippen LogP contribution is 2.35. The summed E-state index contributed by atoms with van der Waals surface area (Å²) >= 11 is 2.80. The van der Waals surface area contributed by atoms with Crippen LogP contribution in [0.15, 0.2) is 16.6 Å². The standard InChI is InChI=1S/C9H6BrF2NO3/c1-4(14)7-6(13(15)16)3-2-5(8(7)10)9(11)12/h2-3,9H,1H3. The number of hydrogen-bond donors (Lipinski definition) is 0. The largest absolute Gasteiger partial charge is 0.294 e. The first-order chi connectivity index (χ1) is 7.36. The number of alkyl halides is 2. The average molecular weight is 294 g/mol. The Morgan fingerprint density at radius 1 is 1.50 bits per heavy atom. The van der Waals surface area contributed by atoms with E-state index in [4.69, 9.17) is 0 Å². The summed E-state index contributed by atoms with van der Waals surface area (Å²) in [6.07, 6.45) is -2.80. The lowest BCUT2D eigenvalue weighted by atomic mass is 10.1. The summed E-state index contributed by atoms with van der Waals surface area (Å²) in [6, 6.07) is 1.84. The van der Waals surface area contributed by atoms with E-state index in [2.05, 4.69) is 15.9 Å². The monoisotopic (exact) mass is 293 g/mol. The number of nitro benzene ring substituents is 1. The van der Waals surface area contributed by atoms with Crippen LogP contribution in [0.4, 0.5) is 14.5 Å². The molecule has 1 rings (SSSR count). The molecule has 0 heterocycles. The van der Waals surface area contributed by atoms with Gasteiger partial charge >= 0.3 is 0 Å². The lowest BCUT2D eigenvalue weighted by molar-refractivity contribution is -0.385. The molecule has 0 radical (unpaired) electrons. The Balaban J connectivity index is 3.54. The van der Waals surface area contributed by atoms with Crippen LogP contribution in [-0.4, -0.2) is 10.7 Å². The molecule has 1 aromatic rings. The summed E-state index contributed by atoms with van der Waals surface area (Å²) < 4.78 is 24.8. The number of halogens is 3. The van der Waals surface area contributed by atoms with Gasteiger partial charge in [-0.15, -0.1) is 0 Å². The normalized spacial score (nSPS) is 10.6. The molecule has 0 saturated carbocycles. The van der Waals surface area contributed by atoms with E-state index in [9.17, 15) is 23.7 Å². The van der Waals surface area contributed by atoms with E-state index in [1.54, 1.807) is 0 Å². The third kappa shape index (κ3) is 2.24. The molecule has 1 aromatic carbocycles. The minimum absolute atomic E-state index is 0.218. The van der Waals surface area contributed by atoms with E-state index in [-0.39, 0.29) is 10.0 Å². The number of nitro groups is 1. The van der Waals surface area contributed by atoms with Crippen LogP contribution in [0.2, 0.25) is 0 Å². The topological polar surface area (TPSA) is 60.2 Å². The van der Waals surface area contributed by atoms with Gasteiger partial charge in [0.1, 0.15) is 5.56 Å². The molecule has 0 unspecified atom stereocenters. The molecule has 86 valence electrons. The van der Waals surface area contributed by atoms with Crippen molar-refractivity contribution in [1.29, 1.82) is 0 Å². The fourth-order valence-corrected chi connectivity index (χ4v) is 2.03. The van der Waals surface area contributed by atoms with Crippen LogP contribution >= 0.6 is 15.9 Å². The van der Waals surface area contributed by atoms with E-state index in [0.717, 1.165) is 19.1 Å². The fourth-order valence-electron chi connectivity index (χ4n) is 1.24. The van der Waals surface area contributed by atoms with Crippen molar-refractivity contribution in [2.75, 3.05) is 0 Å². The van der Waals surface area contributed by atoms with Crippen molar-refractivity contribution in [2.24, 2.45) is 0 Å². The Bertz CT molecular complexity index is 462. The third-order valence-corrected chi connectivity index (χ3v) is 2.79. The number of carbonyl (C=O) groups is 1. The zero-order chi connectivity index (χ0) is 12.5. The van der Waals surface area contributed by atoms with Crippen LogP contribution in [0.25, 0.3) is 0 Å². The molecule has 0 aromatic heterocycles. The van der Waals surface area contributed by atoms with Gasteiger partial charge in [-0.3, -0.25) is 14.9 Å². The van der Waals surface area contributed by atoms with Crippen molar-refractivity contribution < 1.29 is 18.5 Å². The molecule has 7 heteroatoms. The molecule has 0 N–H and O–H groups in total. The van der Waals surface area contributed by atoms with Gasteiger partial charge in [-0.25, -0.2) is 8.78 Å². The molecule has 0 amide bonds. The van der Waals surface area contributed by atoms with Gasteiger partial charge < -0.3 is 0 Å². The molecule has 0 saturated heterocycles. The van der Waals surface area contributed by atoms with E-state index < -0.39 is 28.4 Å². The summed E-state index contributed by atoms with van der Waals surface area (Å²) in [5.41, 5.74) is -1.25. The van der Waals surface area contributed by atoms with Crippen LogP contribution < -0.4 is 0 Å². The highest BCUT2D eigenvalue weighted by molar-refractivity contribution is 9.10. The molecule has 0 fully saturated rings. The Hall–Kier alpha value is -1.37. The van der Waals surface area contributed by atoms with Crippen LogP contribution in [-0.2, 0) is 0 Å². The number of rotatable bonds is 3. The van der Waals surface area contributed by atoms with Gasteiger partial charge in [0.05, 0.1) is 4.92 Å². The summed E-state index contributed by atoms with van der Waals surface area (Å²) in [4.78, 5) is 21.0. The lowest BCUT2D eigenvalue weighted by Crippen LogP contribution is -2.04. The highest BCUT2D eigenvalue weighted by atomic mass is 79.9. The maximum Gasteiger partial charge on any atom is 0.281 e. The number of nitrogens with zero attached hydrogens (tertiary/aromatic N) is 1. The van der Waals surface area contributed by atoms with Crippen molar-refractivity contribution >= 4 is 27.4 Å². The Morgan fingerprint density at radius 3 is 2.44 bits per heavy atom. The number of benzene rings is 1. The van der Waals surface area contributed by atoms with Gasteiger partial charge in [0.2, 0.25) is 0 Å². The van der Waals surface area contributed by atoms with Gasteiger partial charge in [-0.2, -0.15) is 0 Å². The fraction of sp³-hybridized carbons (Fsp3) is 0.222. The minimum Gasteiger partial charge on any atom is -0.294 e. The Morgan fingerprint density at radius 2 is 2.06 bits per heavy atom. The predicted octanol–water partition coefficient (Wildman–Crippen LogP) is 3.50. The van der Waals surface area contributed by atoms with Gasteiger partial charge in [0, 0.05) is 16.1 Å². The molecular formula is C9H6BrF2NO3. The molecular weight excluding hydrogens is 288 g/mol.